The fraction of sp³-hybridized carbons (Fsp3) is 0.438. The highest BCUT2D eigenvalue weighted by Crippen LogP contribution is 2.30. The molecule has 1 heterocycles. The Labute approximate surface area is 122 Å². The van der Waals surface area contributed by atoms with E-state index in [2.05, 4.69) is 29.8 Å². The summed E-state index contributed by atoms with van der Waals surface area (Å²) in [6, 6.07) is 9.81. The van der Waals surface area contributed by atoms with E-state index in [1.807, 2.05) is 41.1 Å². The van der Waals surface area contributed by atoms with E-state index in [-0.39, 0.29) is 11.0 Å². The number of hydrogen-bond acceptors (Lipinski definition) is 1. The van der Waals surface area contributed by atoms with Crippen molar-refractivity contribution in [2.45, 2.75) is 33.2 Å². The summed E-state index contributed by atoms with van der Waals surface area (Å²) >= 11 is 3.61. The molecule has 0 fully saturated rings. The largest absolute Gasteiger partial charge is 0.314 e. The number of fused-ring (bicyclic) bond motifs is 1. The average Bonchev–Trinajstić information content (AvgIpc) is 2.48. The Bertz CT molecular complexity index is 605. The van der Waals surface area contributed by atoms with Crippen molar-refractivity contribution in [3.05, 3.63) is 46.9 Å². The summed E-state index contributed by atoms with van der Waals surface area (Å²) in [4.78, 5) is 12.5. The van der Waals surface area contributed by atoms with Crippen LogP contribution in [-0.2, 0) is 6.54 Å². The van der Waals surface area contributed by atoms with E-state index in [1.54, 1.807) is 0 Å². The molecule has 1 aromatic heterocycles. The molecule has 2 rings (SSSR count). The predicted octanol–water partition coefficient (Wildman–Crippen LogP) is 4.20. The predicted molar refractivity (Wildman–Crippen MR) is 85.0 cm³/mol. The average molecular weight is 322 g/mol. The van der Waals surface area contributed by atoms with E-state index >= 15 is 0 Å². The van der Waals surface area contributed by atoms with Crippen LogP contribution in [0.15, 0.2) is 41.3 Å². The van der Waals surface area contributed by atoms with Crippen molar-refractivity contribution in [3.8, 4) is 0 Å². The summed E-state index contributed by atoms with van der Waals surface area (Å²) in [5, 5.41) is 2.74. The van der Waals surface area contributed by atoms with Gasteiger partial charge in [-0.25, -0.2) is 0 Å². The van der Waals surface area contributed by atoms with Crippen LogP contribution in [0.4, 0.5) is 0 Å². The van der Waals surface area contributed by atoms with Gasteiger partial charge in [0.15, 0.2) is 0 Å². The number of rotatable bonds is 5. The van der Waals surface area contributed by atoms with Crippen molar-refractivity contribution in [1.82, 2.24) is 4.57 Å². The lowest BCUT2D eigenvalue weighted by molar-refractivity contribution is 0.257. The Morgan fingerprint density at radius 1 is 1.16 bits per heavy atom. The fourth-order valence-corrected chi connectivity index (χ4v) is 3.39. The minimum absolute atomic E-state index is 0.116. The van der Waals surface area contributed by atoms with Crippen LogP contribution in [0.25, 0.3) is 10.8 Å². The maximum atomic E-state index is 12.5. The van der Waals surface area contributed by atoms with Crippen LogP contribution in [-0.4, -0.2) is 9.90 Å². The van der Waals surface area contributed by atoms with Crippen molar-refractivity contribution >= 4 is 26.7 Å². The van der Waals surface area contributed by atoms with E-state index < -0.39 is 0 Å². The zero-order valence-corrected chi connectivity index (χ0v) is 13.1. The van der Waals surface area contributed by atoms with Gasteiger partial charge in [-0.15, -0.1) is 0 Å². The second kappa shape index (κ2) is 5.91. The van der Waals surface area contributed by atoms with Crippen molar-refractivity contribution in [2.75, 3.05) is 5.33 Å². The van der Waals surface area contributed by atoms with Crippen LogP contribution in [0.3, 0.4) is 0 Å². The van der Waals surface area contributed by atoms with Crippen LogP contribution in [0.2, 0.25) is 0 Å². The number of aromatic nitrogens is 1. The third-order valence-corrected chi connectivity index (χ3v) is 5.36. The van der Waals surface area contributed by atoms with Crippen molar-refractivity contribution < 1.29 is 0 Å². The SMILES string of the molecule is CCC(CC)(CBr)Cn1ccc2ccccc2c1=O. The van der Waals surface area contributed by atoms with Gasteiger partial charge >= 0.3 is 0 Å². The van der Waals surface area contributed by atoms with Gasteiger partial charge in [-0.3, -0.25) is 4.79 Å². The van der Waals surface area contributed by atoms with E-state index in [0.29, 0.717) is 0 Å². The molecule has 0 spiro atoms. The first kappa shape index (κ1) is 14.3. The van der Waals surface area contributed by atoms with Gasteiger partial charge in [-0.2, -0.15) is 0 Å². The molecule has 0 amide bonds. The number of pyridine rings is 1. The molecule has 1 aromatic carbocycles. The Kier molecular flexibility index (Phi) is 4.46. The molecular weight excluding hydrogens is 302 g/mol. The van der Waals surface area contributed by atoms with Gasteiger partial charge < -0.3 is 4.57 Å². The van der Waals surface area contributed by atoms with E-state index in [9.17, 15) is 4.79 Å². The summed E-state index contributed by atoms with van der Waals surface area (Å²) in [5.41, 5.74) is 0.275. The Balaban J connectivity index is 2.46. The summed E-state index contributed by atoms with van der Waals surface area (Å²) in [6.45, 7) is 5.16. The first-order valence-electron chi connectivity index (χ1n) is 6.80. The highest BCUT2D eigenvalue weighted by Gasteiger charge is 2.25. The van der Waals surface area contributed by atoms with Crippen molar-refractivity contribution in [3.63, 3.8) is 0 Å². The molecule has 102 valence electrons. The van der Waals surface area contributed by atoms with Gasteiger partial charge in [-0.05, 0) is 35.8 Å². The first-order valence-corrected chi connectivity index (χ1v) is 7.92. The molecule has 0 N–H and O–H groups in total. The maximum Gasteiger partial charge on any atom is 0.258 e. The minimum Gasteiger partial charge on any atom is -0.314 e. The minimum atomic E-state index is 0.116. The molecule has 0 aliphatic rings. The summed E-state index contributed by atoms with van der Waals surface area (Å²) < 4.78 is 1.86. The van der Waals surface area contributed by atoms with Crippen LogP contribution >= 0.6 is 15.9 Å². The molecule has 0 aliphatic carbocycles. The van der Waals surface area contributed by atoms with E-state index in [0.717, 1.165) is 35.5 Å². The molecule has 19 heavy (non-hydrogen) atoms. The zero-order chi connectivity index (χ0) is 13.9. The lowest BCUT2D eigenvalue weighted by atomic mass is 9.84. The Morgan fingerprint density at radius 2 is 1.84 bits per heavy atom. The van der Waals surface area contributed by atoms with Gasteiger partial charge in [0.05, 0.1) is 0 Å². The Hall–Kier alpha value is -1.09. The van der Waals surface area contributed by atoms with Crippen LogP contribution < -0.4 is 5.56 Å². The van der Waals surface area contributed by atoms with Crippen LogP contribution in [0.5, 0.6) is 0 Å². The number of hydrogen-bond donors (Lipinski definition) is 0. The van der Waals surface area contributed by atoms with E-state index in [1.165, 1.54) is 0 Å². The number of halogens is 1. The molecular formula is C16H20BrNO. The van der Waals surface area contributed by atoms with E-state index in [4.69, 9.17) is 0 Å². The molecule has 0 saturated carbocycles. The third kappa shape index (κ3) is 2.76. The molecule has 0 saturated heterocycles. The van der Waals surface area contributed by atoms with Crippen LogP contribution in [0, 0.1) is 5.41 Å². The summed E-state index contributed by atoms with van der Waals surface area (Å²) in [7, 11) is 0. The molecule has 0 atom stereocenters. The molecule has 3 heteroatoms. The van der Waals surface area contributed by atoms with Gasteiger partial charge in [0, 0.05) is 23.5 Å². The smallest absolute Gasteiger partial charge is 0.258 e. The normalized spacial score (nSPS) is 11.9. The number of alkyl halides is 1. The highest BCUT2D eigenvalue weighted by atomic mass is 79.9. The van der Waals surface area contributed by atoms with Gasteiger partial charge in [0.2, 0.25) is 0 Å². The number of nitrogens with zero attached hydrogens (tertiary/aromatic N) is 1. The Morgan fingerprint density at radius 3 is 2.47 bits per heavy atom. The van der Waals surface area contributed by atoms with Crippen LogP contribution in [0.1, 0.15) is 26.7 Å². The van der Waals surface area contributed by atoms with Gasteiger partial charge in [0.25, 0.3) is 5.56 Å². The summed E-state index contributed by atoms with van der Waals surface area (Å²) in [5.74, 6) is 0. The fourth-order valence-electron chi connectivity index (χ4n) is 2.42. The first-order chi connectivity index (χ1) is 9.15. The standard InChI is InChI=1S/C16H20BrNO/c1-3-16(4-2,11-17)12-18-10-9-13-7-5-6-8-14(13)15(18)19/h5-10H,3-4,11-12H2,1-2H3. The van der Waals surface area contributed by atoms with Gasteiger partial charge in [-0.1, -0.05) is 48.0 Å². The molecule has 2 aromatic rings. The second-order valence-electron chi connectivity index (χ2n) is 5.18. The quantitative estimate of drug-likeness (QED) is 0.756. The molecule has 0 bridgehead atoms. The maximum absolute atomic E-state index is 12.5. The second-order valence-corrected chi connectivity index (χ2v) is 5.74. The van der Waals surface area contributed by atoms with Gasteiger partial charge in [0.1, 0.15) is 0 Å². The topological polar surface area (TPSA) is 22.0 Å². The third-order valence-electron chi connectivity index (χ3n) is 4.18. The summed E-state index contributed by atoms with van der Waals surface area (Å²) in [6.07, 6.45) is 4.05. The van der Waals surface area contributed by atoms with Crippen molar-refractivity contribution in [2.24, 2.45) is 5.41 Å². The monoisotopic (exact) mass is 321 g/mol. The number of benzene rings is 1. The lowest BCUT2D eigenvalue weighted by Crippen LogP contribution is -2.32. The zero-order valence-electron chi connectivity index (χ0n) is 11.5. The molecule has 0 unspecified atom stereocenters. The lowest BCUT2D eigenvalue weighted by Gasteiger charge is -2.30. The molecule has 2 nitrogen and oxygen atoms in total. The van der Waals surface area contributed by atoms with Crippen molar-refractivity contribution in [1.29, 1.82) is 0 Å². The molecule has 0 aliphatic heterocycles. The molecule has 0 radical (unpaired) electrons. The highest BCUT2D eigenvalue weighted by molar-refractivity contribution is 9.09.